The average molecular weight is 1060 g/mol. The molecule has 36 heteroatoms. The van der Waals surface area contributed by atoms with Gasteiger partial charge in [-0.2, -0.15) is 46.7 Å². The van der Waals surface area contributed by atoms with Crippen LogP contribution in [0.25, 0.3) is 15.7 Å². The molecule has 0 amide bonds. The molecule has 5 aromatic rings. The molecule has 0 saturated heterocycles. The van der Waals surface area contributed by atoms with Crippen molar-refractivity contribution in [3.05, 3.63) is 77.3 Å². The summed E-state index contributed by atoms with van der Waals surface area (Å²) in [6, 6.07) is 10.0. The molecule has 5 rings (SSSR count). The minimum Gasteiger partial charge on any atom is -0.505 e. The minimum atomic E-state index is -5.25. The van der Waals surface area contributed by atoms with Crippen LogP contribution in [0.2, 0.25) is 5.15 Å². The van der Waals surface area contributed by atoms with Crippen LogP contribution in [0.3, 0.4) is 0 Å². The zero-order valence-corrected chi connectivity index (χ0v) is 37.5. The molecular formula is C30H25ClN10O19S6. The first-order valence-electron chi connectivity index (χ1n) is 16.7. The lowest BCUT2D eigenvalue weighted by molar-refractivity contribution is -0.434. The summed E-state index contributed by atoms with van der Waals surface area (Å²) in [4.78, 5) is 7.92. The summed E-state index contributed by atoms with van der Waals surface area (Å²) in [6.45, 7) is 6.41. The number of phenolic OH excluding ortho intramolecular Hbond substituents is 1. The van der Waals surface area contributed by atoms with Crippen LogP contribution in [0.4, 0.5) is 45.9 Å². The van der Waals surface area contributed by atoms with Gasteiger partial charge in [0.2, 0.25) is 0 Å². The molecule has 0 fully saturated rings. The van der Waals surface area contributed by atoms with E-state index in [1.165, 1.54) is 12.1 Å². The molecule has 0 bridgehead atoms. The van der Waals surface area contributed by atoms with Gasteiger partial charge in [-0.3, -0.25) is 17.8 Å². The number of benzene rings is 4. The maximum Gasteiger partial charge on any atom is 0.296 e. The zero-order chi connectivity index (χ0) is 48.5. The van der Waals surface area contributed by atoms with Gasteiger partial charge in [0.15, 0.2) is 27.9 Å². The largest absolute Gasteiger partial charge is 0.505 e. The number of aromatic nitrogens is 2. The SMILES string of the molecule is [C-]#[N+]Nc1nc(Cl)cc(Nc2ccc(S(=O)(=O)O)c(N=Nc3c(NCS(=O)(=O)O)ccc4c(O)c(N=Nc5ccc(S(=O)(=O)CCOSOOO)cc5S(=O)(=O)O)c(SOOO)cc34)c2)n1. The van der Waals surface area contributed by atoms with E-state index in [0.717, 1.165) is 42.5 Å². The van der Waals surface area contributed by atoms with Gasteiger partial charge >= 0.3 is 0 Å². The highest BCUT2D eigenvalue weighted by atomic mass is 35.5. The second-order valence-electron chi connectivity index (χ2n) is 12.0. The van der Waals surface area contributed by atoms with Gasteiger partial charge in [0.05, 0.1) is 39.9 Å². The maximum atomic E-state index is 12.9. The number of nitrogens with zero attached hydrogens (tertiary/aromatic N) is 7. The fourth-order valence-corrected chi connectivity index (χ4v) is 8.94. The van der Waals surface area contributed by atoms with E-state index in [9.17, 15) is 52.4 Å². The number of sulfone groups is 1. The molecular weight excluding hydrogens is 1030 g/mol. The number of nitrogens with one attached hydrogen (secondary N) is 3. The molecule has 0 aliphatic carbocycles. The predicted molar refractivity (Wildman–Crippen MR) is 228 cm³/mol. The molecule has 1 heterocycles. The van der Waals surface area contributed by atoms with Gasteiger partial charge in [-0.1, -0.05) is 27.1 Å². The second-order valence-corrected chi connectivity index (χ2v) is 20.0. The molecule has 66 heavy (non-hydrogen) atoms. The Morgan fingerprint density at radius 2 is 1.47 bits per heavy atom. The zero-order valence-electron chi connectivity index (χ0n) is 31.8. The molecule has 0 atom stereocenters. The molecule has 1 aromatic heterocycles. The lowest BCUT2D eigenvalue weighted by Crippen LogP contribution is -2.13. The van der Waals surface area contributed by atoms with Crippen molar-refractivity contribution in [2.75, 3.05) is 34.3 Å². The molecule has 352 valence electrons. The smallest absolute Gasteiger partial charge is 0.296 e. The number of aromatic hydroxyl groups is 1. The first kappa shape index (κ1) is 51.5. The first-order valence-corrected chi connectivity index (χ1v) is 24.6. The molecule has 0 radical (unpaired) electrons. The summed E-state index contributed by atoms with van der Waals surface area (Å²) >= 11 is 6.22. The monoisotopic (exact) mass is 1060 g/mol. The highest BCUT2D eigenvalue weighted by molar-refractivity contribution is 7.94. The van der Waals surface area contributed by atoms with Crippen molar-refractivity contribution in [2.45, 2.75) is 19.6 Å². The summed E-state index contributed by atoms with van der Waals surface area (Å²) in [5, 5.41) is 56.0. The summed E-state index contributed by atoms with van der Waals surface area (Å²) in [5.74, 6) is -2.94. The van der Waals surface area contributed by atoms with E-state index < -0.39 is 102 Å². The third-order valence-corrected chi connectivity index (χ3v) is 13.0. The Bertz CT molecular complexity index is 3220. The minimum absolute atomic E-state index is 0.00383. The van der Waals surface area contributed by atoms with Crippen LogP contribution in [-0.2, 0) is 63.1 Å². The summed E-state index contributed by atoms with van der Waals surface area (Å²) in [5.41, 5.74) is -0.274. The van der Waals surface area contributed by atoms with Gasteiger partial charge in [0.1, 0.15) is 49.4 Å². The van der Waals surface area contributed by atoms with Crippen molar-refractivity contribution < 1.29 is 85.9 Å². The molecule has 4 aromatic carbocycles. The Hall–Kier alpha value is -5.50. The number of halogens is 1. The van der Waals surface area contributed by atoms with Gasteiger partial charge in [0, 0.05) is 22.5 Å². The van der Waals surface area contributed by atoms with Crippen LogP contribution in [-0.4, -0.2) is 91.2 Å². The summed E-state index contributed by atoms with van der Waals surface area (Å²) in [7, 11) is -19.3. The van der Waals surface area contributed by atoms with Crippen LogP contribution in [0, 0.1) is 6.57 Å². The van der Waals surface area contributed by atoms with Crippen molar-refractivity contribution in [3.8, 4) is 5.75 Å². The van der Waals surface area contributed by atoms with Crippen molar-refractivity contribution in [2.24, 2.45) is 20.5 Å². The standard InChI is InChI=1S/C30H25ClN10O19S6/c1-32-41-30-35-25(31)13-26(36-30)34-15-2-7-23(65(50,51)52)21(10-15)38-39-27-18-12-22(61-59-57-43)28(29(42)17(18)4-6-20(27)33-14-64(47,48)49)40-37-19-5-3-16(11-24(19)66(53,54)55)63(45,46)9-8-56-62-60-58-44/h2-7,10-13,33,42-44H,8-9,14H2,(H,47,48,49)(H,50,51,52)(H,53,54,55)(H2,34,35,36,41). The number of azo groups is 2. The maximum absolute atomic E-state index is 12.9. The Labute approximate surface area is 384 Å². The third-order valence-electron chi connectivity index (χ3n) is 7.79. The quantitative estimate of drug-likeness (QED) is 0.00505. The van der Waals surface area contributed by atoms with E-state index in [-0.39, 0.29) is 68.3 Å². The van der Waals surface area contributed by atoms with Crippen molar-refractivity contribution in [1.82, 2.24) is 9.97 Å². The molecule has 0 aliphatic rings. The number of fused-ring (bicyclic) bond motifs is 1. The number of anilines is 4. The molecule has 0 aliphatic heterocycles. The molecule has 0 unspecified atom stereocenters. The van der Waals surface area contributed by atoms with Crippen LogP contribution in [0.1, 0.15) is 0 Å². The summed E-state index contributed by atoms with van der Waals surface area (Å²) < 4.78 is 142. The van der Waals surface area contributed by atoms with Crippen LogP contribution < -0.4 is 16.1 Å². The highest BCUT2D eigenvalue weighted by Crippen LogP contribution is 2.49. The first-order chi connectivity index (χ1) is 31.0. The lowest BCUT2D eigenvalue weighted by Gasteiger charge is -2.14. The van der Waals surface area contributed by atoms with E-state index in [1.54, 1.807) is 0 Å². The highest BCUT2D eigenvalue weighted by Gasteiger charge is 2.25. The second kappa shape index (κ2) is 21.9. The normalized spacial score (nSPS) is 12.5. The van der Waals surface area contributed by atoms with Crippen molar-refractivity contribution in [1.29, 1.82) is 0 Å². The van der Waals surface area contributed by atoms with Gasteiger partial charge < -0.3 is 15.7 Å². The van der Waals surface area contributed by atoms with Gasteiger partial charge in [-0.05, 0) is 54.6 Å². The van der Waals surface area contributed by atoms with Crippen LogP contribution >= 0.6 is 36.0 Å². The number of hydrogen-bond donors (Lipinski definition) is 9. The summed E-state index contributed by atoms with van der Waals surface area (Å²) in [6.07, 6.45) is 0. The van der Waals surface area contributed by atoms with Gasteiger partial charge in [-0.25, -0.2) is 18.9 Å². The predicted octanol–water partition coefficient (Wildman–Crippen LogP) is 6.76. The Morgan fingerprint density at radius 1 is 0.773 bits per heavy atom. The Morgan fingerprint density at radius 3 is 2.14 bits per heavy atom. The third kappa shape index (κ3) is 13.8. The molecule has 29 nitrogen and oxygen atoms in total. The Balaban J connectivity index is 1.65. The molecule has 9 N–H and O–H groups in total. The fraction of sp³-hybridized carbons (Fsp3) is 0.100. The lowest BCUT2D eigenvalue weighted by atomic mass is 10.1. The van der Waals surface area contributed by atoms with Crippen molar-refractivity contribution in [3.63, 3.8) is 0 Å². The number of phenols is 1. The van der Waals surface area contributed by atoms with E-state index in [2.05, 4.69) is 70.2 Å². The Kier molecular flexibility index (Phi) is 17.1. The number of rotatable bonds is 22. The van der Waals surface area contributed by atoms with Crippen molar-refractivity contribution >= 4 is 133 Å². The fourth-order valence-electron chi connectivity index (χ4n) is 5.17. The van der Waals surface area contributed by atoms with E-state index in [1.807, 2.05) is 0 Å². The van der Waals surface area contributed by atoms with Crippen LogP contribution in [0.15, 0.2) is 101 Å². The van der Waals surface area contributed by atoms with E-state index >= 15 is 0 Å². The topological polar surface area (TPSA) is 420 Å². The number of hydrogen-bond acceptors (Lipinski definition) is 27. The van der Waals surface area contributed by atoms with Gasteiger partial charge in [0.25, 0.3) is 36.3 Å². The average Bonchev–Trinajstić information content (AvgIpc) is 3.22. The van der Waals surface area contributed by atoms with E-state index in [4.69, 9.17) is 32.9 Å². The molecule has 0 saturated carbocycles. The molecule has 0 spiro atoms. The van der Waals surface area contributed by atoms with Gasteiger partial charge in [-0.15, -0.1) is 29.1 Å². The van der Waals surface area contributed by atoms with E-state index in [0.29, 0.717) is 6.07 Å². The van der Waals surface area contributed by atoms with Crippen LogP contribution in [0.5, 0.6) is 5.75 Å².